The monoisotopic (exact) mass is 1060 g/mol. The van der Waals surface area contributed by atoms with Crippen molar-refractivity contribution in [2.75, 3.05) is 9.80 Å². The Kier molecular flexibility index (Phi) is 6.53. The summed E-state index contributed by atoms with van der Waals surface area (Å²) in [7, 11) is 0. The fourth-order valence-electron chi connectivity index (χ4n) is 8.04. The van der Waals surface area contributed by atoms with Crippen molar-refractivity contribution in [1.29, 1.82) is 0 Å². The first-order valence-electron chi connectivity index (χ1n) is 31.0. The Morgan fingerprint density at radius 3 is 2.05 bits per heavy atom. The summed E-state index contributed by atoms with van der Waals surface area (Å²) in [6, 6.07) is 24.4. The molecule has 0 atom stereocenters. The first-order chi connectivity index (χ1) is 40.3. The smallest absolute Gasteiger partial charge is 0.135 e. The number of para-hydroxylation sites is 3. The zero-order chi connectivity index (χ0) is 62.3. The van der Waals surface area contributed by atoms with Crippen LogP contribution >= 0.6 is 0 Å². The normalized spacial score (nSPS) is 17.3. The molecule has 2 aromatic heterocycles. The molecule has 0 spiro atoms. The van der Waals surface area contributed by atoms with E-state index < -0.39 is 97.8 Å². The Labute approximate surface area is 431 Å². The molecule has 6 heteroatoms. The molecule has 5 nitrogen and oxygen atoms in total. The second-order valence-electron chi connectivity index (χ2n) is 16.3. The molecular formula is C60H47N4OPt-3. The molecule has 1 aliphatic heterocycles. The number of benzene rings is 8. The van der Waals surface area contributed by atoms with Crippen LogP contribution in [0.15, 0.2) is 188 Å². The van der Waals surface area contributed by atoms with Crippen molar-refractivity contribution in [2.24, 2.45) is 0 Å². The van der Waals surface area contributed by atoms with Gasteiger partial charge in [-0.3, -0.25) is 0 Å². The first kappa shape index (κ1) is 24.9. The molecule has 10 aromatic rings. The maximum Gasteiger partial charge on any atom is 0.135 e. The number of anilines is 4. The van der Waals surface area contributed by atoms with Crippen LogP contribution in [0.25, 0.3) is 61.0 Å². The van der Waals surface area contributed by atoms with Gasteiger partial charge in [-0.05, 0) is 84.0 Å². The van der Waals surface area contributed by atoms with Crippen molar-refractivity contribution in [3.05, 3.63) is 223 Å². The molecule has 0 N–H and O–H groups in total. The van der Waals surface area contributed by atoms with E-state index in [2.05, 4.69) is 17.1 Å². The number of pyridine rings is 1. The van der Waals surface area contributed by atoms with Gasteiger partial charge in [0, 0.05) is 82.0 Å². The second kappa shape index (κ2) is 17.3. The van der Waals surface area contributed by atoms with Gasteiger partial charge in [0.25, 0.3) is 0 Å². The van der Waals surface area contributed by atoms with Crippen LogP contribution in [0, 0.1) is 32.5 Å². The molecule has 0 saturated carbocycles. The minimum Gasteiger partial charge on any atom is -0.509 e. The first-order valence-corrected chi connectivity index (χ1v) is 20.5. The minimum atomic E-state index is -2.76. The molecule has 326 valence electrons. The number of rotatable bonds is 8. The van der Waals surface area contributed by atoms with E-state index >= 15 is 0 Å². The van der Waals surface area contributed by atoms with Gasteiger partial charge in [0.2, 0.25) is 0 Å². The van der Waals surface area contributed by atoms with Crippen LogP contribution in [0.2, 0.25) is 0 Å². The molecule has 11 rings (SSSR count). The third kappa shape index (κ3) is 7.88. The molecule has 0 unspecified atom stereocenters. The topological polar surface area (TPSA) is 33.5 Å². The average Bonchev–Trinajstić information content (AvgIpc) is 1.64. The van der Waals surface area contributed by atoms with Crippen molar-refractivity contribution < 1.29 is 54.6 Å². The predicted octanol–water partition coefficient (Wildman–Crippen LogP) is 15.9. The summed E-state index contributed by atoms with van der Waals surface area (Å²) >= 11 is 0. The average molecular weight is 1060 g/mol. The van der Waals surface area contributed by atoms with E-state index in [1.54, 1.807) is 97.9 Å². The molecule has 0 fully saturated rings. The SMILES string of the molecule is [2H]c1nc(-n2c3[c-]c(Oc4[c-]c(N5[CH-]N(c6c(-c7cc(C([2H])([2H])[2H])cc(C([2H])([2H])[2H])c7)cccc6-c6c([2H])c([2H])c([2H])c([2H])c6[2H])c6ccccc65)ccc4)c([2H])c([2H])c3c3cc(-c4c([2H])c([2H])c([2H])c([2H])c4[2H])ccc32)c([2H])c(C(C)(C)C)c1[2H].[Pt]. The number of aryl methyl sites for hydroxylation is 2. The molecule has 0 amide bonds. The van der Waals surface area contributed by atoms with Crippen molar-refractivity contribution in [3.63, 3.8) is 0 Å². The van der Waals surface area contributed by atoms with Crippen LogP contribution in [0.1, 0.15) is 66.2 Å². The molecule has 0 aliphatic carbocycles. The predicted molar refractivity (Wildman–Crippen MR) is 269 cm³/mol. The molecule has 66 heavy (non-hydrogen) atoms. The quantitative estimate of drug-likeness (QED) is 0.142. The zero-order valence-corrected chi connectivity index (χ0v) is 37.6. The summed E-state index contributed by atoms with van der Waals surface area (Å²) < 4.78 is 190. The van der Waals surface area contributed by atoms with Gasteiger partial charge in [-0.15, -0.1) is 48.1 Å². The van der Waals surface area contributed by atoms with Gasteiger partial charge < -0.3 is 19.1 Å². The number of hydrogen-bond acceptors (Lipinski definition) is 4. The number of aromatic nitrogens is 2. The molecule has 8 aromatic carbocycles. The van der Waals surface area contributed by atoms with Crippen LogP contribution < -0.4 is 14.5 Å². The van der Waals surface area contributed by atoms with E-state index in [9.17, 15) is 4.11 Å². The van der Waals surface area contributed by atoms with Crippen LogP contribution in [-0.4, -0.2) is 9.55 Å². The third-order valence-electron chi connectivity index (χ3n) is 11.0. The van der Waals surface area contributed by atoms with Crippen molar-refractivity contribution >= 4 is 44.6 Å². The number of nitrogens with zero attached hydrogens (tertiary/aromatic N) is 4. The van der Waals surface area contributed by atoms with Gasteiger partial charge in [-0.2, -0.15) is 12.1 Å². The van der Waals surface area contributed by atoms with E-state index in [4.69, 9.17) is 29.4 Å². The molecule has 0 bridgehead atoms. The number of ether oxygens (including phenoxy) is 1. The van der Waals surface area contributed by atoms with E-state index in [1.165, 1.54) is 34.9 Å². The van der Waals surface area contributed by atoms with Gasteiger partial charge in [0.1, 0.15) is 5.82 Å². The Balaban J connectivity index is 0.00000838. The van der Waals surface area contributed by atoms with Crippen LogP contribution in [0.3, 0.4) is 0 Å². The summed E-state index contributed by atoms with van der Waals surface area (Å²) in [6.45, 7) is 1.47. The zero-order valence-electron chi connectivity index (χ0n) is 56.3. The summed E-state index contributed by atoms with van der Waals surface area (Å²) in [4.78, 5) is 7.82. The Hall–Kier alpha value is -7.20. The molecular weight excluding hydrogens is 988 g/mol. The number of hydrogen-bond donors (Lipinski definition) is 0. The maximum atomic E-state index is 9.61. The fourth-order valence-corrected chi connectivity index (χ4v) is 8.04. The summed E-state index contributed by atoms with van der Waals surface area (Å²) in [5.74, 6) is -0.412. The molecule has 0 saturated heterocycles. The summed E-state index contributed by atoms with van der Waals surface area (Å²) in [5, 5.41) is 0.321. The van der Waals surface area contributed by atoms with E-state index in [-0.39, 0.29) is 128 Å². The van der Waals surface area contributed by atoms with E-state index in [0.717, 1.165) is 6.07 Å². The van der Waals surface area contributed by atoms with Crippen LogP contribution in [0.5, 0.6) is 11.5 Å². The van der Waals surface area contributed by atoms with E-state index in [0.29, 0.717) is 17.1 Å². The largest absolute Gasteiger partial charge is 0.509 e. The standard InChI is InChI=1S/C60H47N4O.Pt/c1-40-32-41(2)34-45(33-40)51-23-15-22-50(43-18-10-7-11-19-43)59(51)63-39-62(55-24-12-13-25-56(55)63)47-20-14-21-48(37-47)65-49-27-28-52-53-35-44(42-16-8-6-9-17-42)26-29-54(53)64(57(52)38-49)58-36-46(30-31-61-58)60(3,4)5;/h6-36,39H,1-5H3;/q-3;/i1D3,2D3,6D,7D,8D,9D,10D,11D,16D,17D,18D,19D,27D,28D,30D,31D,36D;. The van der Waals surface area contributed by atoms with Crippen LogP contribution in [-0.2, 0) is 26.5 Å². The fraction of sp³-hybridized carbons (Fsp3) is 0.100. The third-order valence-corrected chi connectivity index (χ3v) is 11.0. The Morgan fingerprint density at radius 1 is 0.621 bits per heavy atom. The van der Waals surface area contributed by atoms with Gasteiger partial charge in [-0.25, -0.2) is 4.98 Å². The second-order valence-corrected chi connectivity index (χ2v) is 16.3. The van der Waals surface area contributed by atoms with Crippen molar-refractivity contribution in [1.82, 2.24) is 9.55 Å². The van der Waals surface area contributed by atoms with Crippen molar-refractivity contribution in [2.45, 2.75) is 39.9 Å². The van der Waals surface area contributed by atoms with Gasteiger partial charge >= 0.3 is 0 Å². The Morgan fingerprint density at radius 2 is 1.32 bits per heavy atom. The molecule has 1 aliphatic rings. The van der Waals surface area contributed by atoms with Crippen LogP contribution in [0.4, 0.5) is 22.7 Å². The number of fused-ring (bicyclic) bond motifs is 4. The van der Waals surface area contributed by atoms with Gasteiger partial charge in [0.05, 0.1) is 17.8 Å². The minimum absolute atomic E-state index is 0. The summed E-state index contributed by atoms with van der Waals surface area (Å²) in [6.07, 6.45) is -0.448. The molecule has 3 heterocycles. The van der Waals surface area contributed by atoms with Gasteiger partial charge in [-0.1, -0.05) is 159 Å². The van der Waals surface area contributed by atoms with Crippen molar-refractivity contribution in [3.8, 4) is 50.7 Å². The van der Waals surface area contributed by atoms with E-state index in [1.807, 2.05) is 0 Å². The molecule has 0 radical (unpaired) electrons. The maximum absolute atomic E-state index is 9.61. The Bertz CT molecular complexity index is 4450. The van der Waals surface area contributed by atoms with Gasteiger partial charge in [0.15, 0.2) is 0 Å². The summed E-state index contributed by atoms with van der Waals surface area (Å²) in [5.41, 5.74) is 0.972.